The fourth-order valence-electron chi connectivity index (χ4n) is 1.66. The van der Waals surface area contributed by atoms with Crippen LogP contribution in [-0.4, -0.2) is 23.2 Å². The number of rotatable bonds is 10. The predicted molar refractivity (Wildman–Crippen MR) is 76.6 cm³/mol. The van der Waals surface area contributed by atoms with Crippen LogP contribution in [0.5, 0.6) is 11.9 Å². The third kappa shape index (κ3) is 7.44. The van der Waals surface area contributed by atoms with Crippen molar-refractivity contribution in [1.29, 1.82) is 0 Å². The van der Waals surface area contributed by atoms with Crippen LogP contribution in [0.25, 0.3) is 0 Å². The first-order valence-electron chi connectivity index (χ1n) is 6.95. The Kier molecular flexibility index (Phi) is 7.63. The van der Waals surface area contributed by atoms with Crippen molar-refractivity contribution in [2.45, 2.75) is 46.0 Å². The molecule has 0 unspecified atom stereocenters. The van der Waals surface area contributed by atoms with Crippen LogP contribution in [0, 0.1) is 0 Å². The summed E-state index contributed by atoms with van der Waals surface area (Å²) in [4.78, 5) is 8.15. The summed E-state index contributed by atoms with van der Waals surface area (Å²) in [5.41, 5.74) is 1.26. The van der Waals surface area contributed by atoms with E-state index < -0.39 is 0 Å². The summed E-state index contributed by atoms with van der Waals surface area (Å²) in [5.74, 6) is 0.584. The van der Waals surface area contributed by atoms with Gasteiger partial charge in [0.05, 0.1) is 13.2 Å². The van der Waals surface area contributed by atoms with Crippen LogP contribution >= 0.6 is 0 Å². The number of ether oxygens (including phenoxy) is 2. The summed E-state index contributed by atoms with van der Waals surface area (Å²) in [5, 5.41) is 0. The Bertz CT molecular complexity index is 380. The molecule has 4 nitrogen and oxygen atoms in total. The van der Waals surface area contributed by atoms with E-state index in [1.807, 2.05) is 6.92 Å². The Labute approximate surface area is 115 Å². The minimum atomic E-state index is 0.376. The highest BCUT2D eigenvalue weighted by Gasteiger charge is 2.00. The Morgan fingerprint density at radius 3 is 2.74 bits per heavy atom. The van der Waals surface area contributed by atoms with Crippen molar-refractivity contribution in [3.05, 3.63) is 24.4 Å². The first-order valence-corrected chi connectivity index (χ1v) is 6.95. The van der Waals surface area contributed by atoms with Crippen molar-refractivity contribution in [1.82, 2.24) is 9.97 Å². The highest BCUT2D eigenvalue weighted by Crippen LogP contribution is 2.12. The number of aromatic nitrogens is 2. The summed E-state index contributed by atoms with van der Waals surface area (Å²) >= 11 is 0. The third-order valence-corrected chi connectivity index (χ3v) is 2.63. The summed E-state index contributed by atoms with van der Waals surface area (Å²) in [6.07, 6.45) is 7.45. The molecule has 106 valence electrons. The molecule has 0 aliphatic carbocycles. The maximum atomic E-state index is 5.57. The molecule has 0 amide bonds. The molecule has 0 radical (unpaired) electrons. The van der Waals surface area contributed by atoms with E-state index in [-0.39, 0.29) is 0 Å². The first kappa shape index (κ1) is 15.5. The minimum Gasteiger partial charge on any atom is -0.478 e. The van der Waals surface area contributed by atoms with Crippen LogP contribution in [0.3, 0.4) is 0 Å². The molecule has 0 bridgehead atoms. The summed E-state index contributed by atoms with van der Waals surface area (Å²) in [6.45, 7) is 9.14. The van der Waals surface area contributed by atoms with Crippen LogP contribution in [0.1, 0.15) is 46.0 Å². The smallest absolute Gasteiger partial charge is 0.319 e. The van der Waals surface area contributed by atoms with Crippen molar-refractivity contribution in [3.63, 3.8) is 0 Å². The minimum absolute atomic E-state index is 0.376. The van der Waals surface area contributed by atoms with Gasteiger partial charge in [0.15, 0.2) is 0 Å². The van der Waals surface area contributed by atoms with E-state index in [0.29, 0.717) is 25.1 Å². The normalized spacial score (nSPS) is 10.2. The average Bonchev–Trinajstić information content (AvgIpc) is 2.38. The molecular weight excluding hydrogens is 240 g/mol. The van der Waals surface area contributed by atoms with E-state index in [1.54, 1.807) is 12.3 Å². The second kappa shape index (κ2) is 9.36. The molecular formula is C15H24N2O2. The molecule has 0 aliphatic heterocycles. The first-order chi connectivity index (χ1) is 9.22. The van der Waals surface area contributed by atoms with Gasteiger partial charge in [-0.1, -0.05) is 18.4 Å². The lowest BCUT2D eigenvalue weighted by Gasteiger charge is -2.06. The zero-order valence-electron chi connectivity index (χ0n) is 12.0. The predicted octanol–water partition coefficient (Wildman–Crippen LogP) is 3.78. The van der Waals surface area contributed by atoms with Gasteiger partial charge >= 0.3 is 6.01 Å². The number of unbranched alkanes of at least 4 members (excludes halogenated alkanes) is 3. The van der Waals surface area contributed by atoms with Crippen molar-refractivity contribution in [2.75, 3.05) is 13.2 Å². The summed E-state index contributed by atoms with van der Waals surface area (Å²) < 4.78 is 10.8. The van der Waals surface area contributed by atoms with E-state index in [9.17, 15) is 0 Å². The van der Waals surface area contributed by atoms with Crippen LogP contribution in [0.15, 0.2) is 24.4 Å². The van der Waals surface area contributed by atoms with Gasteiger partial charge in [0.2, 0.25) is 5.88 Å². The Morgan fingerprint density at radius 1 is 1.21 bits per heavy atom. The monoisotopic (exact) mass is 264 g/mol. The second-order valence-corrected chi connectivity index (χ2v) is 4.58. The highest BCUT2D eigenvalue weighted by atomic mass is 16.5. The van der Waals surface area contributed by atoms with Gasteiger partial charge in [-0.15, -0.1) is 6.58 Å². The maximum Gasteiger partial charge on any atom is 0.319 e. The molecule has 1 aromatic rings. The molecule has 1 aromatic heterocycles. The van der Waals surface area contributed by atoms with E-state index in [1.165, 1.54) is 24.8 Å². The summed E-state index contributed by atoms with van der Waals surface area (Å²) in [7, 11) is 0. The van der Waals surface area contributed by atoms with Gasteiger partial charge in [-0.2, -0.15) is 4.98 Å². The SMILES string of the molecule is C=C(C)CCCCCCOc1ccnc(OCC)n1. The van der Waals surface area contributed by atoms with Gasteiger partial charge in [-0.3, -0.25) is 0 Å². The molecule has 1 rings (SSSR count). The molecule has 0 fully saturated rings. The molecule has 0 saturated carbocycles. The van der Waals surface area contributed by atoms with E-state index in [4.69, 9.17) is 9.47 Å². The van der Waals surface area contributed by atoms with Gasteiger partial charge in [0.25, 0.3) is 0 Å². The molecule has 0 saturated heterocycles. The van der Waals surface area contributed by atoms with Crippen LogP contribution in [0.4, 0.5) is 0 Å². The number of allylic oxidation sites excluding steroid dienone is 1. The van der Waals surface area contributed by atoms with Crippen LogP contribution in [-0.2, 0) is 0 Å². The van der Waals surface area contributed by atoms with E-state index >= 15 is 0 Å². The molecule has 4 heteroatoms. The Morgan fingerprint density at radius 2 is 2.00 bits per heavy atom. The fraction of sp³-hybridized carbons (Fsp3) is 0.600. The third-order valence-electron chi connectivity index (χ3n) is 2.63. The molecule has 0 spiro atoms. The Balaban J connectivity index is 2.12. The molecule has 19 heavy (non-hydrogen) atoms. The average molecular weight is 264 g/mol. The van der Waals surface area contributed by atoms with Gasteiger partial charge in [-0.05, 0) is 33.1 Å². The number of hydrogen-bond donors (Lipinski definition) is 0. The van der Waals surface area contributed by atoms with Gasteiger partial charge in [-0.25, -0.2) is 4.98 Å². The molecule has 1 heterocycles. The lowest BCUT2D eigenvalue weighted by Crippen LogP contribution is -2.02. The van der Waals surface area contributed by atoms with E-state index in [2.05, 4.69) is 23.5 Å². The highest BCUT2D eigenvalue weighted by molar-refractivity contribution is 5.10. The second-order valence-electron chi connectivity index (χ2n) is 4.58. The van der Waals surface area contributed by atoms with Crippen LogP contribution < -0.4 is 9.47 Å². The number of hydrogen-bond acceptors (Lipinski definition) is 4. The molecule has 0 atom stereocenters. The van der Waals surface area contributed by atoms with Crippen molar-refractivity contribution in [2.24, 2.45) is 0 Å². The largest absolute Gasteiger partial charge is 0.478 e. The summed E-state index contributed by atoms with van der Waals surface area (Å²) in [6, 6.07) is 2.13. The number of nitrogens with zero attached hydrogens (tertiary/aromatic N) is 2. The lowest BCUT2D eigenvalue weighted by molar-refractivity contribution is 0.273. The molecule has 0 aliphatic rings. The molecule has 0 N–H and O–H groups in total. The molecule has 0 aromatic carbocycles. The van der Waals surface area contributed by atoms with Crippen molar-refractivity contribution >= 4 is 0 Å². The zero-order valence-corrected chi connectivity index (χ0v) is 12.0. The van der Waals surface area contributed by atoms with Gasteiger partial charge in [0.1, 0.15) is 0 Å². The van der Waals surface area contributed by atoms with Crippen molar-refractivity contribution in [3.8, 4) is 11.9 Å². The van der Waals surface area contributed by atoms with Crippen LogP contribution in [0.2, 0.25) is 0 Å². The maximum absolute atomic E-state index is 5.57. The van der Waals surface area contributed by atoms with Gasteiger partial charge in [0, 0.05) is 12.3 Å². The van der Waals surface area contributed by atoms with Crippen molar-refractivity contribution < 1.29 is 9.47 Å². The standard InChI is InChI=1S/C15H24N2O2/c1-4-18-15-16-11-10-14(17-15)19-12-8-6-5-7-9-13(2)3/h10-11H,2,4-9,12H2,1,3H3. The lowest BCUT2D eigenvalue weighted by atomic mass is 10.1. The van der Waals surface area contributed by atoms with E-state index in [0.717, 1.165) is 12.8 Å². The quantitative estimate of drug-likeness (QED) is 0.476. The van der Waals surface area contributed by atoms with Gasteiger partial charge < -0.3 is 9.47 Å². The zero-order chi connectivity index (χ0) is 13.9. The fourth-order valence-corrected chi connectivity index (χ4v) is 1.66. The Hall–Kier alpha value is -1.58. The topological polar surface area (TPSA) is 44.2 Å².